The number of morpholine rings is 1. The lowest BCUT2D eigenvalue weighted by atomic mass is 10.1. The Kier molecular flexibility index (Phi) is 5.44. The van der Waals surface area contributed by atoms with Crippen LogP contribution in [0.25, 0.3) is 0 Å². The number of aryl methyl sites for hydroxylation is 2. The van der Waals surface area contributed by atoms with E-state index in [0.717, 1.165) is 5.56 Å². The predicted octanol–water partition coefficient (Wildman–Crippen LogP) is 0.902. The Morgan fingerprint density at radius 1 is 1.00 bits per heavy atom. The molecule has 2 fully saturated rings. The molecule has 0 aliphatic carbocycles. The number of carbonyl (C=O) groups excluding carboxylic acids is 2. The summed E-state index contributed by atoms with van der Waals surface area (Å²) in [6.45, 7) is 10.9. The number of piperazine rings is 1. The zero-order chi connectivity index (χ0) is 18.0. The maximum absolute atomic E-state index is 12.7. The summed E-state index contributed by atoms with van der Waals surface area (Å²) < 4.78 is 10.7. The molecular formula is C18H27N3O4. The van der Waals surface area contributed by atoms with Crippen molar-refractivity contribution in [3.8, 4) is 0 Å². The highest BCUT2D eigenvalue weighted by Gasteiger charge is 2.31. The normalized spacial score (nSPS) is 20.6. The van der Waals surface area contributed by atoms with Crippen molar-refractivity contribution in [1.82, 2.24) is 14.7 Å². The van der Waals surface area contributed by atoms with Gasteiger partial charge in [0.15, 0.2) is 0 Å². The number of hydrogen-bond donors (Lipinski definition) is 0. The van der Waals surface area contributed by atoms with E-state index in [0.29, 0.717) is 63.8 Å². The van der Waals surface area contributed by atoms with E-state index in [2.05, 4.69) is 4.90 Å². The minimum Gasteiger partial charge on any atom is -0.469 e. The summed E-state index contributed by atoms with van der Waals surface area (Å²) in [5.74, 6) is 0.848. The van der Waals surface area contributed by atoms with Crippen molar-refractivity contribution in [3.63, 3.8) is 0 Å². The largest absolute Gasteiger partial charge is 0.469 e. The summed E-state index contributed by atoms with van der Waals surface area (Å²) in [6, 6.07) is -0.159. The number of ether oxygens (including phenoxy) is 1. The SMILES string of the molecule is Cc1coc(C)c1C(=O)N1CCN(C(C)C(=O)N2CCOCC2)CC1. The maximum atomic E-state index is 12.7. The van der Waals surface area contributed by atoms with Crippen LogP contribution in [0.15, 0.2) is 10.7 Å². The van der Waals surface area contributed by atoms with Crippen LogP contribution in [0.1, 0.15) is 28.6 Å². The molecule has 2 amide bonds. The second-order valence-electron chi connectivity index (χ2n) is 6.79. The van der Waals surface area contributed by atoms with Gasteiger partial charge in [-0.05, 0) is 20.8 Å². The van der Waals surface area contributed by atoms with Gasteiger partial charge in [-0.1, -0.05) is 0 Å². The molecule has 1 aromatic heterocycles. The first kappa shape index (κ1) is 17.9. The zero-order valence-electron chi connectivity index (χ0n) is 15.3. The van der Waals surface area contributed by atoms with E-state index in [9.17, 15) is 9.59 Å². The number of furan rings is 1. The molecule has 1 unspecified atom stereocenters. The molecule has 2 saturated heterocycles. The lowest BCUT2D eigenvalue weighted by molar-refractivity contribution is -0.141. The minimum absolute atomic E-state index is 0.0237. The maximum Gasteiger partial charge on any atom is 0.257 e. The van der Waals surface area contributed by atoms with E-state index in [1.165, 1.54) is 0 Å². The highest BCUT2D eigenvalue weighted by Crippen LogP contribution is 2.19. The number of nitrogens with zero attached hydrogens (tertiary/aromatic N) is 3. The van der Waals surface area contributed by atoms with Gasteiger partial charge in [0.2, 0.25) is 5.91 Å². The van der Waals surface area contributed by atoms with E-state index < -0.39 is 0 Å². The number of rotatable bonds is 3. The fraction of sp³-hybridized carbons (Fsp3) is 0.667. The molecule has 7 heteroatoms. The third-order valence-corrected chi connectivity index (χ3v) is 5.20. The van der Waals surface area contributed by atoms with Crippen LogP contribution in [-0.2, 0) is 9.53 Å². The molecule has 7 nitrogen and oxygen atoms in total. The van der Waals surface area contributed by atoms with Gasteiger partial charge in [0.05, 0.1) is 31.1 Å². The van der Waals surface area contributed by atoms with E-state index in [1.54, 1.807) is 6.26 Å². The van der Waals surface area contributed by atoms with Crippen LogP contribution in [0.4, 0.5) is 0 Å². The van der Waals surface area contributed by atoms with Crippen LogP contribution < -0.4 is 0 Å². The summed E-state index contributed by atoms with van der Waals surface area (Å²) >= 11 is 0. The van der Waals surface area contributed by atoms with Crippen LogP contribution in [-0.4, -0.2) is 85.0 Å². The van der Waals surface area contributed by atoms with Crippen molar-refractivity contribution < 1.29 is 18.7 Å². The molecule has 138 valence electrons. The van der Waals surface area contributed by atoms with E-state index in [-0.39, 0.29) is 17.9 Å². The lowest BCUT2D eigenvalue weighted by Gasteiger charge is -2.39. The summed E-state index contributed by atoms with van der Waals surface area (Å²) in [7, 11) is 0. The third-order valence-electron chi connectivity index (χ3n) is 5.20. The van der Waals surface area contributed by atoms with Crippen molar-refractivity contribution >= 4 is 11.8 Å². The Balaban J connectivity index is 1.56. The summed E-state index contributed by atoms with van der Waals surface area (Å²) in [4.78, 5) is 31.2. The second kappa shape index (κ2) is 7.58. The molecule has 0 aromatic carbocycles. The first-order chi connectivity index (χ1) is 12.0. The van der Waals surface area contributed by atoms with Crippen LogP contribution in [0.3, 0.4) is 0 Å². The fourth-order valence-corrected chi connectivity index (χ4v) is 3.57. The molecule has 25 heavy (non-hydrogen) atoms. The Bertz CT molecular complexity index is 609. The Morgan fingerprint density at radius 3 is 2.20 bits per heavy atom. The van der Waals surface area contributed by atoms with Crippen molar-refractivity contribution in [3.05, 3.63) is 23.2 Å². The minimum atomic E-state index is -0.159. The van der Waals surface area contributed by atoms with Gasteiger partial charge in [-0.25, -0.2) is 0 Å². The molecule has 3 heterocycles. The van der Waals surface area contributed by atoms with Crippen LogP contribution >= 0.6 is 0 Å². The molecule has 0 saturated carbocycles. The zero-order valence-corrected chi connectivity index (χ0v) is 15.3. The van der Waals surface area contributed by atoms with Crippen molar-refractivity contribution in [1.29, 1.82) is 0 Å². The van der Waals surface area contributed by atoms with Crippen LogP contribution in [0, 0.1) is 13.8 Å². The van der Waals surface area contributed by atoms with Gasteiger partial charge in [0.25, 0.3) is 5.91 Å². The molecule has 2 aliphatic heterocycles. The van der Waals surface area contributed by atoms with Crippen LogP contribution in [0.2, 0.25) is 0 Å². The highest BCUT2D eigenvalue weighted by atomic mass is 16.5. The summed E-state index contributed by atoms with van der Waals surface area (Å²) in [6.07, 6.45) is 1.63. The average Bonchev–Trinajstić information content (AvgIpc) is 2.99. The van der Waals surface area contributed by atoms with Gasteiger partial charge in [-0.3, -0.25) is 14.5 Å². The van der Waals surface area contributed by atoms with Gasteiger partial charge in [0, 0.05) is 44.8 Å². The van der Waals surface area contributed by atoms with Crippen molar-refractivity contribution in [2.75, 3.05) is 52.5 Å². The third kappa shape index (κ3) is 3.72. The molecule has 3 rings (SSSR count). The molecule has 2 aliphatic rings. The summed E-state index contributed by atoms with van der Waals surface area (Å²) in [5, 5.41) is 0. The molecule has 0 N–H and O–H groups in total. The lowest BCUT2D eigenvalue weighted by Crippen LogP contribution is -2.56. The van der Waals surface area contributed by atoms with Crippen molar-refractivity contribution in [2.24, 2.45) is 0 Å². The fourth-order valence-electron chi connectivity index (χ4n) is 3.57. The topological polar surface area (TPSA) is 66.2 Å². The van der Waals surface area contributed by atoms with E-state index in [4.69, 9.17) is 9.15 Å². The Labute approximate surface area is 148 Å². The number of hydrogen-bond acceptors (Lipinski definition) is 5. The standard InChI is InChI=1S/C18H27N3O4/c1-13-12-25-15(3)16(13)18(23)20-6-4-19(5-7-20)14(2)17(22)21-8-10-24-11-9-21/h12,14H,4-11H2,1-3H3. The van der Waals surface area contributed by atoms with Gasteiger partial charge < -0.3 is 19.0 Å². The first-order valence-corrected chi connectivity index (χ1v) is 8.93. The average molecular weight is 349 g/mol. The van der Waals surface area contributed by atoms with Crippen molar-refractivity contribution in [2.45, 2.75) is 26.8 Å². The quantitative estimate of drug-likeness (QED) is 0.811. The van der Waals surface area contributed by atoms with E-state index in [1.807, 2.05) is 30.6 Å². The Hall–Kier alpha value is -1.86. The molecule has 0 radical (unpaired) electrons. The monoisotopic (exact) mass is 349 g/mol. The predicted molar refractivity (Wildman–Crippen MR) is 92.5 cm³/mol. The molecule has 1 atom stereocenters. The van der Waals surface area contributed by atoms with Gasteiger partial charge in [-0.2, -0.15) is 0 Å². The van der Waals surface area contributed by atoms with Gasteiger partial charge >= 0.3 is 0 Å². The molecule has 0 bridgehead atoms. The first-order valence-electron chi connectivity index (χ1n) is 8.93. The van der Waals surface area contributed by atoms with Gasteiger partial charge in [-0.15, -0.1) is 0 Å². The van der Waals surface area contributed by atoms with E-state index >= 15 is 0 Å². The number of amides is 2. The summed E-state index contributed by atoms with van der Waals surface area (Å²) in [5.41, 5.74) is 1.55. The Morgan fingerprint density at radius 2 is 1.64 bits per heavy atom. The smallest absolute Gasteiger partial charge is 0.257 e. The molecule has 1 aromatic rings. The highest BCUT2D eigenvalue weighted by molar-refractivity contribution is 5.96. The second-order valence-corrected chi connectivity index (χ2v) is 6.79. The van der Waals surface area contributed by atoms with Crippen LogP contribution in [0.5, 0.6) is 0 Å². The molecule has 0 spiro atoms. The van der Waals surface area contributed by atoms with Gasteiger partial charge in [0.1, 0.15) is 5.76 Å². The molecular weight excluding hydrogens is 322 g/mol. The number of carbonyl (C=O) groups is 2.